The van der Waals surface area contributed by atoms with Gasteiger partial charge in [0.15, 0.2) is 0 Å². The molecule has 3 N–H and O–H groups in total. The van der Waals surface area contributed by atoms with Crippen LogP contribution in [0.25, 0.3) is 0 Å². The quantitative estimate of drug-likeness (QED) is 0.899. The molecule has 0 radical (unpaired) electrons. The molecule has 0 aliphatic rings. The minimum Gasteiger partial charge on any atom is -0.390 e. The minimum atomic E-state index is -3.54. The zero-order valence-electron chi connectivity index (χ0n) is 7.96. The van der Waals surface area contributed by atoms with E-state index in [-0.39, 0.29) is 18.0 Å². The second-order valence-corrected chi connectivity index (χ2v) is 3.98. The Morgan fingerprint density at radius 2 is 2.00 bits per heavy atom. The first-order chi connectivity index (χ1) is 6.88. The van der Waals surface area contributed by atoms with E-state index in [0.29, 0.717) is 4.47 Å². The van der Waals surface area contributed by atoms with E-state index in [4.69, 9.17) is 10.8 Å². The number of halogens is 5. The number of rotatable bonds is 3. The number of nitrogens with two attached hydrogens (primary N) is 1. The molecule has 0 aliphatic heterocycles. The first-order valence-corrected chi connectivity index (χ1v) is 4.87. The molecule has 0 heterocycles. The number of aliphatic hydroxyl groups is 1. The predicted molar refractivity (Wildman–Crippen MR) is 60.3 cm³/mol. The van der Waals surface area contributed by atoms with Gasteiger partial charge in [-0.1, -0.05) is 15.9 Å². The molecule has 0 amide bonds. The molecular formula is C9H10BrClF3NO. The molecule has 0 aromatic heterocycles. The minimum absolute atomic E-state index is 0. The molecule has 1 aromatic rings. The van der Waals surface area contributed by atoms with Crippen LogP contribution in [0.4, 0.5) is 13.2 Å². The monoisotopic (exact) mass is 319 g/mol. The molecule has 7 heteroatoms. The highest BCUT2D eigenvalue weighted by Crippen LogP contribution is 2.31. The number of aliphatic hydroxyl groups excluding tert-OH is 1. The Labute approximate surface area is 105 Å². The Morgan fingerprint density at radius 1 is 1.44 bits per heavy atom. The third-order valence-electron chi connectivity index (χ3n) is 1.96. The predicted octanol–water partition coefficient (Wildman–Crippen LogP) is 2.64. The lowest BCUT2D eigenvalue weighted by atomic mass is 10.0. The van der Waals surface area contributed by atoms with Crippen LogP contribution < -0.4 is 5.73 Å². The van der Waals surface area contributed by atoms with E-state index in [9.17, 15) is 13.2 Å². The maximum atomic E-state index is 13.2. The molecular weight excluding hydrogens is 310 g/mol. The summed E-state index contributed by atoms with van der Waals surface area (Å²) < 4.78 is 39.6. The van der Waals surface area contributed by atoms with Crippen molar-refractivity contribution in [1.82, 2.24) is 0 Å². The summed E-state index contributed by atoms with van der Waals surface area (Å²) in [7, 11) is 0. The summed E-state index contributed by atoms with van der Waals surface area (Å²) in [6.45, 7) is -1.42. The number of hydrogen-bond donors (Lipinski definition) is 2. The molecule has 1 aromatic carbocycles. The molecule has 0 saturated carbocycles. The number of alkyl halides is 2. The van der Waals surface area contributed by atoms with Crippen molar-refractivity contribution >= 4 is 28.3 Å². The van der Waals surface area contributed by atoms with Crippen molar-refractivity contribution in [2.45, 2.75) is 12.0 Å². The fraction of sp³-hybridized carbons (Fsp3) is 0.333. The molecule has 0 aliphatic carbocycles. The molecule has 1 atom stereocenters. The highest BCUT2D eigenvalue weighted by atomic mass is 79.9. The molecule has 0 saturated heterocycles. The molecule has 16 heavy (non-hydrogen) atoms. The summed E-state index contributed by atoms with van der Waals surface area (Å²) in [5.41, 5.74) is 4.85. The lowest BCUT2D eigenvalue weighted by molar-refractivity contribution is -0.0718. The number of benzene rings is 1. The Bertz CT molecular complexity index is 365. The van der Waals surface area contributed by atoms with Crippen molar-refractivity contribution in [3.63, 3.8) is 0 Å². The van der Waals surface area contributed by atoms with E-state index in [0.717, 1.165) is 6.07 Å². The van der Waals surface area contributed by atoms with Gasteiger partial charge in [-0.15, -0.1) is 12.4 Å². The third kappa shape index (κ3) is 3.35. The Hall–Kier alpha value is -0.300. The normalized spacial score (nSPS) is 13.1. The maximum Gasteiger partial charge on any atom is 0.289 e. The smallest absolute Gasteiger partial charge is 0.289 e. The lowest BCUT2D eigenvalue weighted by Gasteiger charge is -2.22. The Balaban J connectivity index is 0.00000225. The van der Waals surface area contributed by atoms with Gasteiger partial charge in [0.1, 0.15) is 12.4 Å². The van der Waals surface area contributed by atoms with Crippen molar-refractivity contribution in [2.24, 2.45) is 5.73 Å². The SMILES string of the molecule is Cl.N[C@@H](c1cc(Br)ccc1F)C(F)(F)CO. The summed E-state index contributed by atoms with van der Waals surface area (Å²) in [4.78, 5) is 0. The van der Waals surface area contributed by atoms with E-state index < -0.39 is 24.4 Å². The molecule has 92 valence electrons. The molecule has 0 bridgehead atoms. The zero-order chi connectivity index (χ0) is 11.6. The molecule has 0 fully saturated rings. The molecule has 2 nitrogen and oxygen atoms in total. The second kappa shape index (κ2) is 5.86. The summed E-state index contributed by atoms with van der Waals surface area (Å²) in [5.74, 6) is -4.36. The average Bonchev–Trinajstić information content (AvgIpc) is 2.20. The van der Waals surface area contributed by atoms with Gasteiger partial charge in [-0.2, -0.15) is 0 Å². The van der Waals surface area contributed by atoms with Gasteiger partial charge in [-0.3, -0.25) is 0 Å². The van der Waals surface area contributed by atoms with Crippen molar-refractivity contribution in [1.29, 1.82) is 0 Å². The lowest BCUT2D eigenvalue weighted by Crippen LogP contribution is -2.36. The molecule has 1 rings (SSSR count). The van der Waals surface area contributed by atoms with E-state index in [1.807, 2.05) is 0 Å². The van der Waals surface area contributed by atoms with Gasteiger partial charge in [0.2, 0.25) is 0 Å². The molecule has 0 unspecified atom stereocenters. The Morgan fingerprint density at radius 3 is 2.50 bits per heavy atom. The second-order valence-electron chi connectivity index (χ2n) is 3.06. The van der Waals surface area contributed by atoms with Crippen molar-refractivity contribution in [3.05, 3.63) is 34.1 Å². The first-order valence-electron chi connectivity index (χ1n) is 4.07. The van der Waals surface area contributed by atoms with Crippen LogP contribution >= 0.6 is 28.3 Å². The van der Waals surface area contributed by atoms with Gasteiger partial charge in [0.25, 0.3) is 5.92 Å². The number of hydrogen-bond acceptors (Lipinski definition) is 2. The van der Waals surface area contributed by atoms with Crippen LogP contribution in [0.2, 0.25) is 0 Å². The maximum absolute atomic E-state index is 13.2. The summed E-state index contributed by atoms with van der Waals surface area (Å²) in [6, 6.07) is 1.72. The van der Waals surface area contributed by atoms with E-state index in [1.54, 1.807) is 0 Å². The highest BCUT2D eigenvalue weighted by Gasteiger charge is 2.38. The summed E-state index contributed by atoms with van der Waals surface area (Å²) in [5, 5.41) is 8.42. The van der Waals surface area contributed by atoms with Gasteiger partial charge in [-0.05, 0) is 18.2 Å². The van der Waals surface area contributed by atoms with Gasteiger partial charge in [0.05, 0.1) is 6.04 Å². The van der Waals surface area contributed by atoms with Crippen LogP contribution in [-0.4, -0.2) is 17.6 Å². The Kier molecular flexibility index (Phi) is 5.75. The van der Waals surface area contributed by atoms with E-state index in [1.165, 1.54) is 12.1 Å². The van der Waals surface area contributed by atoms with Crippen molar-refractivity contribution in [2.75, 3.05) is 6.61 Å². The van der Waals surface area contributed by atoms with E-state index >= 15 is 0 Å². The van der Waals surface area contributed by atoms with Gasteiger partial charge < -0.3 is 10.8 Å². The van der Waals surface area contributed by atoms with Crippen LogP contribution in [-0.2, 0) is 0 Å². The van der Waals surface area contributed by atoms with Crippen LogP contribution in [0, 0.1) is 5.82 Å². The van der Waals surface area contributed by atoms with Crippen molar-refractivity contribution < 1.29 is 18.3 Å². The largest absolute Gasteiger partial charge is 0.390 e. The van der Waals surface area contributed by atoms with Crippen LogP contribution in [0.15, 0.2) is 22.7 Å². The third-order valence-corrected chi connectivity index (χ3v) is 2.45. The standard InChI is InChI=1S/C9H9BrF3NO.ClH/c10-5-1-2-7(11)6(3-5)8(14)9(12,13)4-15;/h1-3,8,15H,4,14H2;1H/t8-;/m0./s1. The van der Waals surface area contributed by atoms with Crippen LogP contribution in [0.1, 0.15) is 11.6 Å². The molecule has 0 spiro atoms. The topological polar surface area (TPSA) is 46.2 Å². The van der Waals surface area contributed by atoms with Gasteiger partial charge in [0, 0.05) is 10.0 Å². The van der Waals surface area contributed by atoms with Crippen LogP contribution in [0.3, 0.4) is 0 Å². The van der Waals surface area contributed by atoms with Gasteiger partial charge >= 0.3 is 0 Å². The van der Waals surface area contributed by atoms with Crippen molar-refractivity contribution in [3.8, 4) is 0 Å². The fourth-order valence-corrected chi connectivity index (χ4v) is 1.46. The van der Waals surface area contributed by atoms with Crippen LogP contribution in [0.5, 0.6) is 0 Å². The van der Waals surface area contributed by atoms with E-state index in [2.05, 4.69) is 15.9 Å². The summed E-state index contributed by atoms with van der Waals surface area (Å²) >= 11 is 3.02. The fourth-order valence-electron chi connectivity index (χ4n) is 1.08. The zero-order valence-corrected chi connectivity index (χ0v) is 10.4. The highest BCUT2D eigenvalue weighted by molar-refractivity contribution is 9.10. The summed E-state index contributed by atoms with van der Waals surface area (Å²) in [6.07, 6.45) is 0. The average molecular weight is 321 g/mol. The first kappa shape index (κ1) is 15.7. The van der Waals surface area contributed by atoms with Gasteiger partial charge in [-0.25, -0.2) is 13.2 Å².